The van der Waals surface area contributed by atoms with Gasteiger partial charge >= 0.3 is 6.18 Å². The predicted octanol–water partition coefficient (Wildman–Crippen LogP) is 2.24. The van der Waals surface area contributed by atoms with Crippen LogP contribution < -0.4 is 5.32 Å². The number of benzene rings is 1. The van der Waals surface area contributed by atoms with Crippen molar-refractivity contribution in [1.29, 1.82) is 0 Å². The molecule has 1 fully saturated rings. The number of alkyl halides is 3. The highest BCUT2D eigenvalue weighted by atomic mass is 19.4. The van der Waals surface area contributed by atoms with Crippen LogP contribution in [0.1, 0.15) is 16.1 Å². The number of nitrogens with one attached hydrogen (secondary N) is 1. The van der Waals surface area contributed by atoms with E-state index in [1.807, 2.05) is 0 Å². The van der Waals surface area contributed by atoms with Crippen molar-refractivity contribution < 1.29 is 18.0 Å². The third-order valence-electron chi connectivity index (χ3n) is 3.99. The van der Waals surface area contributed by atoms with Gasteiger partial charge < -0.3 is 14.8 Å². The number of amides is 1. The molecule has 0 unspecified atom stereocenters. The van der Waals surface area contributed by atoms with Gasteiger partial charge in [0.05, 0.1) is 5.56 Å². The van der Waals surface area contributed by atoms with Gasteiger partial charge in [-0.05, 0) is 24.3 Å². The summed E-state index contributed by atoms with van der Waals surface area (Å²) in [6.07, 6.45) is -4.38. The molecular weight excluding hydrogens is 295 g/mol. The average molecular weight is 311 g/mol. The molecular formula is C15H16F3N3O. The van der Waals surface area contributed by atoms with Crippen LogP contribution in [0.5, 0.6) is 0 Å². The van der Waals surface area contributed by atoms with Crippen LogP contribution in [0.2, 0.25) is 0 Å². The van der Waals surface area contributed by atoms with Crippen molar-refractivity contribution in [2.45, 2.75) is 6.18 Å². The first kappa shape index (κ1) is 14.9. The van der Waals surface area contributed by atoms with E-state index in [4.69, 9.17) is 0 Å². The summed E-state index contributed by atoms with van der Waals surface area (Å²) >= 11 is 0. The van der Waals surface area contributed by atoms with Crippen LogP contribution in [0.15, 0.2) is 24.3 Å². The molecule has 0 atom stereocenters. The molecule has 0 radical (unpaired) electrons. The number of rotatable bonds is 1. The molecule has 1 aliphatic rings. The molecule has 1 N–H and O–H groups in total. The van der Waals surface area contributed by atoms with E-state index < -0.39 is 11.7 Å². The Kier molecular flexibility index (Phi) is 3.60. The van der Waals surface area contributed by atoms with Gasteiger partial charge in [-0.2, -0.15) is 13.2 Å². The lowest BCUT2D eigenvalue weighted by molar-refractivity contribution is -0.137. The first-order valence-electron chi connectivity index (χ1n) is 7.04. The number of hydrogen-bond donors (Lipinski definition) is 1. The molecule has 7 heteroatoms. The van der Waals surface area contributed by atoms with Crippen LogP contribution in [0.4, 0.5) is 13.2 Å². The summed E-state index contributed by atoms with van der Waals surface area (Å²) in [4.78, 5) is 14.2. The number of halogens is 3. The molecule has 1 amide bonds. The molecule has 1 aliphatic heterocycles. The number of aryl methyl sites for hydroxylation is 1. The Bertz CT molecular complexity index is 715. The summed E-state index contributed by atoms with van der Waals surface area (Å²) in [5.41, 5.74) is 0.328. The lowest BCUT2D eigenvalue weighted by Gasteiger charge is -2.27. The maximum Gasteiger partial charge on any atom is 0.416 e. The predicted molar refractivity (Wildman–Crippen MR) is 76.7 cm³/mol. The Morgan fingerprint density at radius 2 is 1.86 bits per heavy atom. The minimum absolute atomic E-state index is 0.145. The number of carbonyl (C=O) groups excluding carboxylic acids is 1. The molecule has 22 heavy (non-hydrogen) atoms. The van der Waals surface area contributed by atoms with Crippen molar-refractivity contribution in [1.82, 2.24) is 14.8 Å². The van der Waals surface area contributed by atoms with Gasteiger partial charge in [-0.3, -0.25) is 4.79 Å². The zero-order valence-electron chi connectivity index (χ0n) is 12.1. The average Bonchev–Trinajstić information content (AvgIpc) is 2.83. The van der Waals surface area contributed by atoms with E-state index in [1.54, 1.807) is 16.5 Å². The number of hydrogen-bond acceptors (Lipinski definition) is 2. The summed E-state index contributed by atoms with van der Waals surface area (Å²) in [5.74, 6) is -0.145. The highest BCUT2D eigenvalue weighted by Gasteiger charge is 2.31. The van der Waals surface area contributed by atoms with E-state index in [9.17, 15) is 18.0 Å². The molecule has 1 aromatic heterocycles. The van der Waals surface area contributed by atoms with Crippen LogP contribution in [0.3, 0.4) is 0 Å². The molecule has 0 bridgehead atoms. The first-order valence-corrected chi connectivity index (χ1v) is 7.04. The summed E-state index contributed by atoms with van der Waals surface area (Å²) in [6, 6.07) is 5.08. The molecule has 0 aliphatic carbocycles. The fourth-order valence-electron chi connectivity index (χ4n) is 2.76. The Labute approximate surface area is 125 Å². The van der Waals surface area contributed by atoms with Gasteiger partial charge in [-0.15, -0.1) is 0 Å². The van der Waals surface area contributed by atoms with Crippen LogP contribution in [0, 0.1) is 0 Å². The van der Waals surface area contributed by atoms with Crippen molar-refractivity contribution in [3.63, 3.8) is 0 Å². The monoisotopic (exact) mass is 311 g/mol. The molecule has 2 aromatic rings. The Balaban J connectivity index is 2.00. The molecule has 118 valence electrons. The Hall–Kier alpha value is -2.02. The number of fused-ring (bicyclic) bond motifs is 1. The summed E-state index contributed by atoms with van der Waals surface area (Å²) in [7, 11) is 1.70. The zero-order chi connectivity index (χ0) is 15.9. The normalized spacial score (nSPS) is 16.3. The van der Waals surface area contributed by atoms with E-state index in [0.29, 0.717) is 29.7 Å². The fraction of sp³-hybridized carbons (Fsp3) is 0.400. The topological polar surface area (TPSA) is 37.3 Å². The summed E-state index contributed by atoms with van der Waals surface area (Å²) in [6.45, 7) is 2.67. The Morgan fingerprint density at radius 3 is 2.50 bits per heavy atom. The van der Waals surface area contributed by atoms with Gasteiger partial charge in [0.1, 0.15) is 5.69 Å². The standard InChI is InChI=1S/C15H16F3N3O/c1-20-12-3-2-11(15(16,17)18)8-10(12)9-13(20)14(22)21-6-4-19-5-7-21/h2-3,8-9,19H,4-7H2,1H3. The van der Waals surface area contributed by atoms with Crippen LogP contribution in [-0.2, 0) is 13.2 Å². The molecule has 0 saturated carbocycles. The number of aromatic nitrogens is 1. The lowest BCUT2D eigenvalue weighted by atomic mass is 10.1. The maximum absolute atomic E-state index is 12.8. The quantitative estimate of drug-likeness (QED) is 0.877. The first-order chi connectivity index (χ1) is 10.4. The van der Waals surface area contributed by atoms with Crippen LogP contribution in [-0.4, -0.2) is 41.6 Å². The number of carbonyl (C=O) groups is 1. The second-order valence-electron chi connectivity index (χ2n) is 5.40. The van der Waals surface area contributed by atoms with Crippen LogP contribution >= 0.6 is 0 Å². The van der Waals surface area contributed by atoms with Crippen molar-refractivity contribution in [2.75, 3.05) is 26.2 Å². The molecule has 1 aromatic carbocycles. The zero-order valence-corrected chi connectivity index (χ0v) is 12.1. The fourth-order valence-corrected chi connectivity index (χ4v) is 2.76. The van der Waals surface area contributed by atoms with E-state index in [1.165, 1.54) is 12.1 Å². The summed E-state index contributed by atoms with van der Waals surface area (Å²) in [5, 5.41) is 3.59. The Morgan fingerprint density at radius 1 is 1.18 bits per heavy atom. The number of piperazine rings is 1. The van der Waals surface area contributed by atoms with Gasteiger partial charge in [-0.1, -0.05) is 0 Å². The minimum atomic E-state index is -4.38. The molecule has 4 nitrogen and oxygen atoms in total. The van der Waals surface area contributed by atoms with Crippen molar-refractivity contribution in [2.24, 2.45) is 7.05 Å². The van der Waals surface area contributed by atoms with Gasteiger partial charge in [0.2, 0.25) is 0 Å². The number of nitrogens with zero attached hydrogens (tertiary/aromatic N) is 2. The van der Waals surface area contributed by atoms with Gasteiger partial charge in [0.25, 0.3) is 5.91 Å². The maximum atomic E-state index is 12.8. The minimum Gasteiger partial charge on any atom is -0.340 e. The van der Waals surface area contributed by atoms with Crippen molar-refractivity contribution in [3.05, 3.63) is 35.5 Å². The molecule has 2 heterocycles. The molecule has 1 saturated heterocycles. The van der Waals surface area contributed by atoms with E-state index in [0.717, 1.165) is 25.2 Å². The van der Waals surface area contributed by atoms with Gasteiger partial charge in [-0.25, -0.2) is 0 Å². The van der Waals surface area contributed by atoms with E-state index >= 15 is 0 Å². The second kappa shape index (κ2) is 5.31. The van der Waals surface area contributed by atoms with Crippen LogP contribution in [0.25, 0.3) is 10.9 Å². The van der Waals surface area contributed by atoms with E-state index in [-0.39, 0.29) is 5.91 Å². The molecule has 3 rings (SSSR count). The SMILES string of the molecule is Cn1c(C(=O)N2CCNCC2)cc2cc(C(F)(F)F)ccc21. The second-order valence-corrected chi connectivity index (χ2v) is 5.40. The van der Waals surface area contributed by atoms with Crippen molar-refractivity contribution >= 4 is 16.8 Å². The van der Waals surface area contributed by atoms with E-state index in [2.05, 4.69) is 5.32 Å². The third-order valence-corrected chi connectivity index (χ3v) is 3.99. The smallest absolute Gasteiger partial charge is 0.340 e. The third kappa shape index (κ3) is 2.56. The van der Waals surface area contributed by atoms with Gasteiger partial charge in [0, 0.05) is 44.1 Å². The lowest BCUT2D eigenvalue weighted by Crippen LogP contribution is -2.46. The highest BCUT2D eigenvalue weighted by Crippen LogP contribution is 2.32. The van der Waals surface area contributed by atoms with Gasteiger partial charge in [0.15, 0.2) is 0 Å². The largest absolute Gasteiger partial charge is 0.416 e. The summed E-state index contributed by atoms with van der Waals surface area (Å²) < 4.78 is 40.0. The highest BCUT2D eigenvalue weighted by molar-refractivity contribution is 5.99. The molecule has 0 spiro atoms. The van der Waals surface area contributed by atoms with Crippen molar-refractivity contribution in [3.8, 4) is 0 Å².